The van der Waals surface area contributed by atoms with Crippen LogP contribution in [-0.4, -0.2) is 35.0 Å². The summed E-state index contributed by atoms with van der Waals surface area (Å²) >= 11 is 0. The molecule has 1 saturated carbocycles. The van der Waals surface area contributed by atoms with Crippen molar-refractivity contribution in [3.05, 3.63) is 59.4 Å². The first-order chi connectivity index (χ1) is 12.5. The average Bonchev–Trinajstić information content (AvgIpc) is 3.48. The molecule has 1 amide bonds. The number of pyridine rings is 2. The van der Waals surface area contributed by atoms with Crippen LogP contribution in [0.1, 0.15) is 40.5 Å². The van der Waals surface area contributed by atoms with E-state index < -0.39 is 0 Å². The van der Waals surface area contributed by atoms with Gasteiger partial charge in [-0.2, -0.15) is 0 Å². The summed E-state index contributed by atoms with van der Waals surface area (Å²) in [6, 6.07) is 7.18. The Morgan fingerprint density at radius 1 is 1.19 bits per heavy atom. The fraction of sp³-hybridized carbons (Fsp3) is 0.278. The van der Waals surface area contributed by atoms with E-state index in [2.05, 4.69) is 20.6 Å². The van der Waals surface area contributed by atoms with Gasteiger partial charge in [-0.05, 0) is 37.1 Å². The van der Waals surface area contributed by atoms with Crippen molar-refractivity contribution in [3.63, 3.8) is 0 Å². The number of hydrogen-bond acceptors (Lipinski definition) is 7. The maximum absolute atomic E-state index is 12.3. The smallest absolute Gasteiger partial charge is 0.257 e. The van der Waals surface area contributed by atoms with Crippen LogP contribution in [-0.2, 0) is 0 Å². The second-order valence-corrected chi connectivity index (χ2v) is 6.26. The lowest BCUT2D eigenvalue weighted by molar-refractivity contribution is 0.102. The number of hydrogen-bond donors (Lipinski definition) is 4. The topological polar surface area (TPSA) is 122 Å². The molecule has 0 saturated heterocycles. The van der Waals surface area contributed by atoms with Crippen LogP contribution in [0.2, 0.25) is 0 Å². The highest BCUT2D eigenvalue weighted by Gasteiger charge is 2.24. The van der Waals surface area contributed by atoms with Crippen LogP contribution in [0, 0.1) is 0 Å². The maximum atomic E-state index is 12.3. The molecule has 0 aliphatic heterocycles. The highest BCUT2D eigenvalue weighted by atomic mass is 16.1. The minimum absolute atomic E-state index is 0.226. The second-order valence-electron chi connectivity index (χ2n) is 6.26. The third-order valence-corrected chi connectivity index (χ3v) is 4.19. The molecule has 6 N–H and O–H groups in total. The van der Waals surface area contributed by atoms with Crippen molar-refractivity contribution in [1.82, 2.24) is 20.3 Å². The number of nitrogens with one attached hydrogen (secondary N) is 2. The van der Waals surface area contributed by atoms with Gasteiger partial charge in [0, 0.05) is 31.9 Å². The van der Waals surface area contributed by atoms with Crippen LogP contribution in [0.4, 0.5) is 5.69 Å². The molecular weight excluding hydrogens is 330 g/mol. The Morgan fingerprint density at radius 2 is 1.96 bits per heavy atom. The van der Waals surface area contributed by atoms with E-state index in [1.807, 2.05) is 6.07 Å². The molecule has 1 fully saturated rings. The molecule has 0 radical (unpaired) electrons. The SMILES string of the molecule is CN/C(=C(/N)c1ccc(NC(=O)c2ccc(C3CC3)nc2)cn1)N(C)N. The number of carbonyl (C=O) groups excluding carboxylic acids is 1. The van der Waals surface area contributed by atoms with Gasteiger partial charge in [-0.15, -0.1) is 0 Å². The number of amides is 1. The first-order valence-electron chi connectivity index (χ1n) is 8.39. The zero-order valence-electron chi connectivity index (χ0n) is 14.9. The van der Waals surface area contributed by atoms with E-state index in [-0.39, 0.29) is 5.91 Å². The fourth-order valence-corrected chi connectivity index (χ4v) is 2.61. The average molecular weight is 353 g/mol. The number of nitrogens with zero attached hydrogens (tertiary/aromatic N) is 3. The monoisotopic (exact) mass is 353 g/mol. The Morgan fingerprint density at radius 3 is 2.46 bits per heavy atom. The normalized spacial score (nSPS) is 14.4. The van der Waals surface area contributed by atoms with E-state index in [9.17, 15) is 4.79 Å². The molecule has 1 aliphatic rings. The molecule has 1 aliphatic carbocycles. The summed E-state index contributed by atoms with van der Waals surface area (Å²) in [5.41, 5.74) is 9.19. The maximum Gasteiger partial charge on any atom is 0.257 e. The summed E-state index contributed by atoms with van der Waals surface area (Å²) in [7, 11) is 3.40. The first kappa shape index (κ1) is 17.7. The van der Waals surface area contributed by atoms with Gasteiger partial charge in [0.2, 0.25) is 0 Å². The molecule has 0 atom stereocenters. The molecule has 26 heavy (non-hydrogen) atoms. The third-order valence-electron chi connectivity index (χ3n) is 4.19. The molecule has 0 aromatic carbocycles. The van der Waals surface area contributed by atoms with Crippen LogP contribution < -0.4 is 22.2 Å². The Hall–Kier alpha value is -3.13. The second kappa shape index (κ2) is 7.40. The lowest BCUT2D eigenvalue weighted by atomic mass is 10.2. The van der Waals surface area contributed by atoms with Crippen LogP contribution in [0.25, 0.3) is 5.70 Å². The summed E-state index contributed by atoms with van der Waals surface area (Å²) in [4.78, 5) is 21.0. The highest BCUT2D eigenvalue weighted by Crippen LogP contribution is 2.38. The number of nitrogens with two attached hydrogens (primary N) is 2. The van der Waals surface area contributed by atoms with E-state index >= 15 is 0 Å². The Bertz CT molecular complexity index is 808. The molecule has 8 heteroatoms. The molecule has 2 aromatic rings. The highest BCUT2D eigenvalue weighted by molar-refractivity contribution is 6.04. The van der Waals surface area contributed by atoms with Crippen molar-refractivity contribution in [2.45, 2.75) is 18.8 Å². The summed E-state index contributed by atoms with van der Waals surface area (Å²) in [5, 5.41) is 7.11. The number of rotatable bonds is 6. The van der Waals surface area contributed by atoms with Crippen LogP contribution in [0.15, 0.2) is 42.5 Å². The Balaban J connectivity index is 1.69. The number of hydrazine groups is 1. The zero-order valence-corrected chi connectivity index (χ0v) is 14.9. The molecule has 0 bridgehead atoms. The van der Waals surface area contributed by atoms with Gasteiger partial charge in [0.05, 0.1) is 28.8 Å². The van der Waals surface area contributed by atoms with Gasteiger partial charge in [0.1, 0.15) is 5.82 Å². The van der Waals surface area contributed by atoms with Crippen molar-refractivity contribution in [3.8, 4) is 0 Å². The predicted molar refractivity (Wildman–Crippen MR) is 101 cm³/mol. The van der Waals surface area contributed by atoms with E-state index in [0.29, 0.717) is 34.4 Å². The molecule has 8 nitrogen and oxygen atoms in total. The lowest BCUT2D eigenvalue weighted by Gasteiger charge is -2.18. The van der Waals surface area contributed by atoms with Crippen LogP contribution >= 0.6 is 0 Å². The molecular formula is C18H23N7O. The van der Waals surface area contributed by atoms with Gasteiger partial charge in [0.25, 0.3) is 5.91 Å². The zero-order chi connectivity index (χ0) is 18.7. The summed E-state index contributed by atoms with van der Waals surface area (Å²) in [5.74, 6) is 6.61. The van der Waals surface area contributed by atoms with Crippen molar-refractivity contribution in [2.75, 3.05) is 19.4 Å². The molecule has 3 rings (SSSR count). The van der Waals surface area contributed by atoms with Crippen molar-refractivity contribution in [2.24, 2.45) is 11.6 Å². The van der Waals surface area contributed by atoms with Gasteiger partial charge >= 0.3 is 0 Å². The van der Waals surface area contributed by atoms with Crippen molar-refractivity contribution in [1.29, 1.82) is 0 Å². The van der Waals surface area contributed by atoms with Gasteiger partial charge in [-0.3, -0.25) is 19.8 Å². The van der Waals surface area contributed by atoms with E-state index in [0.717, 1.165) is 5.69 Å². The van der Waals surface area contributed by atoms with E-state index in [4.69, 9.17) is 11.6 Å². The van der Waals surface area contributed by atoms with Crippen LogP contribution in [0.3, 0.4) is 0 Å². The van der Waals surface area contributed by atoms with E-state index in [1.165, 1.54) is 17.9 Å². The van der Waals surface area contributed by atoms with Gasteiger partial charge in [-0.1, -0.05) is 0 Å². The fourth-order valence-electron chi connectivity index (χ4n) is 2.61. The predicted octanol–water partition coefficient (Wildman–Crippen LogP) is 1.22. The standard InChI is InChI=1S/C18H23N7O/c1-21-17(25(2)20)16(19)15-8-6-13(10-23-15)24-18(26)12-5-7-14(22-9-12)11-3-4-11/h5-11,21H,3-4,19-20H2,1-2H3,(H,24,26)/b17-16-. The quantitative estimate of drug-likeness (QED) is 0.455. The van der Waals surface area contributed by atoms with Gasteiger partial charge in [-0.25, -0.2) is 5.84 Å². The molecule has 0 spiro atoms. The van der Waals surface area contributed by atoms with E-state index in [1.54, 1.807) is 44.7 Å². The number of aromatic nitrogens is 2. The Kier molecular flexibility index (Phi) is 5.04. The number of carbonyl (C=O) groups is 1. The summed E-state index contributed by atoms with van der Waals surface area (Å²) < 4.78 is 0. The summed E-state index contributed by atoms with van der Waals surface area (Å²) in [6.45, 7) is 0. The molecule has 136 valence electrons. The lowest BCUT2D eigenvalue weighted by Crippen LogP contribution is -2.34. The van der Waals surface area contributed by atoms with Crippen LogP contribution in [0.5, 0.6) is 0 Å². The largest absolute Gasteiger partial charge is 0.394 e. The van der Waals surface area contributed by atoms with Gasteiger partial charge in [0.15, 0.2) is 0 Å². The minimum Gasteiger partial charge on any atom is -0.394 e. The summed E-state index contributed by atoms with van der Waals surface area (Å²) in [6.07, 6.45) is 5.53. The molecule has 2 heterocycles. The number of anilines is 1. The third kappa shape index (κ3) is 3.92. The van der Waals surface area contributed by atoms with Crippen molar-refractivity contribution >= 4 is 17.3 Å². The first-order valence-corrected chi connectivity index (χ1v) is 8.39. The van der Waals surface area contributed by atoms with Crippen molar-refractivity contribution < 1.29 is 4.79 Å². The molecule has 0 unspecified atom stereocenters. The minimum atomic E-state index is -0.226. The molecule has 2 aromatic heterocycles. The Labute approximate surface area is 152 Å². The van der Waals surface area contributed by atoms with Gasteiger partial charge < -0.3 is 16.4 Å².